The zero-order chi connectivity index (χ0) is 22.3. The van der Waals surface area contributed by atoms with Gasteiger partial charge in [0.15, 0.2) is 0 Å². The Labute approximate surface area is 187 Å². The van der Waals surface area contributed by atoms with Gasteiger partial charge < -0.3 is 15.0 Å². The second kappa shape index (κ2) is 10.6. The number of carbonyl (C=O) groups excluding carboxylic acids is 2. The number of nitrogens with zero attached hydrogens (tertiary/aromatic N) is 3. The van der Waals surface area contributed by atoms with Crippen LogP contribution in [0.1, 0.15) is 22.3 Å². The van der Waals surface area contributed by atoms with Gasteiger partial charge in [-0.3, -0.25) is 14.6 Å². The second-order valence-corrected chi connectivity index (χ2v) is 8.09. The Morgan fingerprint density at radius 2 is 1.69 bits per heavy atom. The molecule has 1 N–H and O–H groups in total. The first-order chi connectivity index (χ1) is 15.6. The van der Waals surface area contributed by atoms with Crippen LogP contribution in [-0.2, 0) is 11.3 Å². The van der Waals surface area contributed by atoms with E-state index in [9.17, 15) is 14.0 Å². The molecule has 0 aliphatic carbocycles. The van der Waals surface area contributed by atoms with E-state index in [0.717, 1.165) is 50.5 Å². The van der Waals surface area contributed by atoms with Gasteiger partial charge in [0.25, 0.3) is 5.91 Å². The lowest BCUT2D eigenvalue weighted by Crippen LogP contribution is -2.49. The van der Waals surface area contributed by atoms with Crippen LogP contribution < -0.4 is 10.2 Å². The summed E-state index contributed by atoms with van der Waals surface area (Å²) in [7, 11) is 0. The molecule has 0 spiro atoms. The summed E-state index contributed by atoms with van der Waals surface area (Å²) in [4.78, 5) is 31.2. The third kappa shape index (κ3) is 5.63. The quantitative estimate of drug-likeness (QED) is 0.719. The highest BCUT2D eigenvalue weighted by Gasteiger charge is 2.27. The molecule has 0 saturated carbocycles. The highest BCUT2D eigenvalue weighted by atomic mass is 19.1. The van der Waals surface area contributed by atoms with Crippen molar-refractivity contribution in [2.45, 2.75) is 13.0 Å². The topological polar surface area (TPSA) is 65.1 Å². The molecule has 32 heavy (non-hydrogen) atoms. The van der Waals surface area contributed by atoms with Crippen LogP contribution in [0.15, 0.2) is 48.5 Å². The standard InChI is InChI=1S/C24H29FN4O3/c25-21-6-2-19(3-7-21)18-28-11-1-12-29(24(28)31)22-8-4-20(5-9-22)23(30)26-10-13-27-14-16-32-17-15-27/h2-9H,1,10-18H2,(H,26,30). The maximum atomic E-state index is 13.1. The SMILES string of the molecule is O=C(NCCN1CCOCC1)c1ccc(N2CCCN(Cc3ccc(F)cc3)C2=O)cc1. The molecule has 8 heteroatoms. The van der Waals surface area contributed by atoms with E-state index in [4.69, 9.17) is 4.74 Å². The van der Waals surface area contributed by atoms with Gasteiger partial charge >= 0.3 is 6.03 Å². The lowest BCUT2D eigenvalue weighted by atomic mass is 10.1. The third-order valence-electron chi connectivity index (χ3n) is 5.86. The van der Waals surface area contributed by atoms with Crippen LogP contribution in [0.25, 0.3) is 0 Å². The predicted octanol–water partition coefficient (Wildman–Crippen LogP) is 2.72. The Bertz CT molecular complexity index is 914. The minimum atomic E-state index is -0.287. The molecule has 2 fully saturated rings. The number of rotatable bonds is 7. The molecule has 2 heterocycles. The first-order valence-electron chi connectivity index (χ1n) is 11.1. The number of nitrogens with one attached hydrogen (secondary N) is 1. The van der Waals surface area contributed by atoms with Crippen LogP contribution in [0.4, 0.5) is 14.9 Å². The number of hydrogen-bond acceptors (Lipinski definition) is 4. The number of morpholine rings is 1. The molecule has 2 saturated heterocycles. The molecule has 2 aliphatic rings. The highest BCUT2D eigenvalue weighted by Crippen LogP contribution is 2.22. The lowest BCUT2D eigenvalue weighted by Gasteiger charge is -2.35. The van der Waals surface area contributed by atoms with Crippen molar-refractivity contribution in [1.29, 1.82) is 0 Å². The number of ether oxygens (including phenoxy) is 1. The Morgan fingerprint density at radius 3 is 2.41 bits per heavy atom. The number of hydrogen-bond donors (Lipinski definition) is 1. The fraction of sp³-hybridized carbons (Fsp3) is 0.417. The summed E-state index contributed by atoms with van der Waals surface area (Å²) in [5, 5.41) is 2.96. The minimum absolute atomic E-state index is 0.0803. The van der Waals surface area contributed by atoms with Crippen LogP contribution in [0.2, 0.25) is 0 Å². The molecule has 4 rings (SSSR count). The van der Waals surface area contributed by atoms with E-state index in [0.29, 0.717) is 31.7 Å². The average molecular weight is 441 g/mol. The maximum absolute atomic E-state index is 13.1. The number of carbonyl (C=O) groups is 2. The van der Waals surface area contributed by atoms with Crippen molar-refractivity contribution in [3.8, 4) is 0 Å². The van der Waals surface area contributed by atoms with E-state index >= 15 is 0 Å². The van der Waals surface area contributed by atoms with Crippen molar-refractivity contribution in [1.82, 2.24) is 15.1 Å². The van der Waals surface area contributed by atoms with E-state index < -0.39 is 0 Å². The second-order valence-electron chi connectivity index (χ2n) is 8.09. The molecule has 2 aromatic carbocycles. The maximum Gasteiger partial charge on any atom is 0.324 e. The van der Waals surface area contributed by atoms with Gasteiger partial charge in [0, 0.05) is 57.1 Å². The molecule has 0 bridgehead atoms. The fourth-order valence-corrected chi connectivity index (χ4v) is 4.03. The summed E-state index contributed by atoms with van der Waals surface area (Å²) in [5.41, 5.74) is 2.23. The van der Waals surface area contributed by atoms with Crippen LogP contribution in [0.3, 0.4) is 0 Å². The van der Waals surface area contributed by atoms with Gasteiger partial charge in [-0.2, -0.15) is 0 Å². The van der Waals surface area contributed by atoms with E-state index in [-0.39, 0.29) is 17.8 Å². The zero-order valence-corrected chi connectivity index (χ0v) is 18.1. The fourth-order valence-electron chi connectivity index (χ4n) is 4.03. The summed E-state index contributed by atoms with van der Waals surface area (Å²) in [6.45, 7) is 6.40. The van der Waals surface area contributed by atoms with Crippen molar-refractivity contribution in [2.75, 3.05) is 57.4 Å². The first kappa shape index (κ1) is 22.2. The van der Waals surface area contributed by atoms with Gasteiger partial charge in [0.2, 0.25) is 0 Å². The number of amides is 3. The Morgan fingerprint density at radius 1 is 0.969 bits per heavy atom. The molecule has 0 aromatic heterocycles. The summed E-state index contributed by atoms with van der Waals surface area (Å²) in [6, 6.07) is 13.3. The molecule has 7 nitrogen and oxygen atoms in total. The molecule has 2 aromatic rings. The Balaban J connectivity index is 1.31. The smallest absolute Gasteiger partial charge is 0.324 e. The van der Waals surface area contributed by atoms with Gasteiger partial charge in [-0.1, -0.05) is 12.1 Å². The average Bonchev–Trinajstić information content (AvgIpc) is 2.82. The van der Waals surface area contributed by atoms with Crippen molar-refractivity contribution >= 4 is 17.6 Å². The summed E-state index contributed by atoms with van der Waals surface area (Å²) < 4.78 is 18.5. The van der Waals surface area contributed by atoms with Gasteiger partial charge in [-0.05, 0) is 48.4 Å². The first-order valence-corrected chi connectivity index (χ1v) is 11.1. The normalized spacial score (nSPS) is 17.5. The molecule has 170 valence electrons. The third-order valence-corrected chi connectivity index (χ3v) is 5.86. The summed E-state index contributed by atoms with van der Waals surface area (Å²) in [5.74, 6) is -0.404. The van der Waals surface area contributed by atoms with Gasteiger partial charge in [-0.25, -0.2) is 9.18 Å². The van der Waals surface area contributed by atoms with Crippen molar-refractivity contribution < 1.29 is 18.7 Å². The van der Waals surface area contributed by atoms with Crippen molar-refractivity contribution in [2.24, 2.45) is 0 Å². The zero-order valence-electron chi connectivity index (χ0n) is 18.1. The largest absolute Gasteiger partial charge is 0.379 e. The molecule has 3 amide bonds. The van der Waals surface area contributed by atoms with E-state index in [1.165, 1.54) is 12.1 Å². The summed E-state index contributed by atoms with van der Waals surface area (Å²) in [6.07, 6.45) is 0.844. The molecule has 0 unspecified atom stereocenters. The number of benzene rings is 2. The van der Waals surface area contributed by atoms with Crippen LogP contribution in [0.5, 0.6) is 0 Å². The monoisotopic (exact) mass is 440 g/mol. The lowest BCUT2D eigenvalue weighted by molar-refractivity contribution is 0.0383. The van der Waals surface area contributed by atoms with Gasteiger partial charge in [0.1, 0.15) is 5.82 Å². The highest BCUT2D eigenvalue weighted by molar-refractivity contribution is 5.96. The van der Waals surface area contributed by atoms with E-state index in [1.807, 2.05) is 12.1 Å². The summed E-state index contributed by atoms with van der Waals surface area (Å²) >= 11 is 0. The number of halogens is 1. The number of anilines is 1. The van der Waals surface area contributed by atoms with Gasteiger partial charge in [0.05, 0.1) is 13.2 Å². The van der Waals surface area contributed by atoms with Crippen LogP contribution >= 0.6 is 0 Å². The van der Waals surface area contributed by atoms with E-state index in [1.54, 1.807) is 34.1 Å². The molecule has 2 aliphatic heterocycles. The predicted molar refractivity (Wildman–Crippen MR) is 120 cm³/mol. The molecular weight excluding hydrogens is 411 g/mol. The van der Waals surface area contributed by atoms with E-state index in [2.05, 4.69) is 10.2 Å². The molecular formula is C24H29FN4O3. The van der Waals surface area contributed by atoms with Crippen LogP contribution in [-0.4, -0.2) is 74.2 Å². The van der Waals surface area contributed by atoms with Crippen LogP contribution in [0, 0.1) is 5.82 Å². The Kier molecular flexibility index (Phi) is 7.34. The molecule has 0 radical (unpaired) electrons. The Hall–Kier alpha value is -2.97. The van der Waals surface area contributed by atoms with Crippen molar-refractivity contribution in [3.05, 3.63) is 65.5 Å². The molecule has 0 atom stereocenters. The minimum Gasteiger partial charge on any atom is -0.379 e. The van der Waals surface area contributed by atoms with Crippen molar-refractivity contribution in [3.63, 3.8) is 0 Å². The van der Waals surface area contributed by atoms with Gasteiger partial charge in [-0.15, -0.1) is 0 Å². The number of urea groups is 1.